The summed E-state index contributed by atoms with van der Waals surface area (Å²) in [6.07, 6.45) is 4.17. The van der Waals surface area contributed by atoms with E-state index in [-0.39, 0.29) is 5.97 Å². The standard InChI is InChI=1S/C14H20N2O2/c1-10(2)14(5-6-14)9-16-12-8-11(4-7-15-12)13(17)18-3/h4,7-8,10H,5-6,9H2,1-3H3,(H,15,16). The van der Waals surface area contributed by atoms with Crippen LogP contribution >= 0.6 is 0 Å². The van der Waals surface area contributed by atoms with E-state index in [9.17, 15) is 4.79 Å². The molecule has 4 heteroatoms. The molecule has 0 bridgehead atoms. The van der Waals surface area contributed by atoms with Crippen molar-refractivity contribution >= 4 is 11.8 Å². The fourth-order valence-electron chi connectivity index (χ4n) is 2.16. The summed E-state index contributed by atoms with van der Waals surface area (Å²) < 4.78 is 4.69. The quantitative estimate of drug-likeness (QED) is 0.814. The second kappa shape index (κ2) is 4.96. The minimum Gasteiger partial charge on any atom is -0.465 e. The van der Waals surface area contributed by atoms with Crippen molar-refractivity contribution in [1.29, 1.82) is 0 Å². The summed E-state index contributed by atoms with van der Waals surface area (Å²) in [5.74, 6) is 1.09. The Morgan fingerprint density at radius 2 is 2.28 bits per heavy atom. The summed E-state index contributed by atoms with van der Waals surface area (Å²) in [4.78, 5) is 15.6. The molecule has 0 aromatic carbocycles. The van der Waals surface area contributed by atoms with Crippen LogP contribution in [-0.4, -0.2) is 24.6 Å². The predicted molar refractivity (Wildman–Crippen MR) is 70.6 cm³/mol. The second-order valence-electron chi connectivity index (χ2n) is 5.29. The topological polar surface area (TPSA) is 51.2 Å². The smallest absolute Gasteiger partial charge is 0.338 e. The minimum absolute atomic E-state index is 0.328. The number of rotatable bonds is 5. The van der Waals surface area contributed by atoms with Gasteiger partial charge in [0.2, 0.25) is 0 Å². The molecule has 0 unspecified atom stereocenters. The molecular formula is C14H20N2O2. The highest BCUT2D eigenvalue weighted by Crippen LogP contribution is 2.51. The van der Waals surface area contributed by atoms with Crippen LogP contribution in [0, 0.1) is 11.3 Å². The van der Waals surface area contributed by atoms with Gasteiger partial charge in [-0.3, -0.25) is 0 Å². The van der Waals surface area contributed by atoms with E-state index in [0.717, 1.165) is 12.4 Å². The lowest BCUT2D eigenvalue weighted by Gasteiger charge is -2.20. The van der Waals surface area contributed by atoms with Crippen molar-refractivity contribution in [3.63, 3.8) is 0 Å². The van der Waals surface area contributed by atoms with Crippen molar-refractivity contribution in [2.75, 3.05) is 19.0 Å². The largest absolute Gasteiger partial charge is 0.465 e. The lowest BCUT2D eigenvalue weighted by Crippen LogP contribution is -2.21. The zero-order chi connectivity index (χ0) is 13.2. The van der Waals surface area contributed by atoms with Crippen LogP contribution in [0.4, 0.5) is 5.82 Å². The number of hydrogen-bond donors (Lipinski definition) is 1. The zero-order valence-electron chi connectivity index (χ0n) is 11.2. The number of hydrogen-bond acceptors (Lipinski definition) is 4. The molecule has 0 spiro atoms. The number of nitrogens with one attached hydrogen (secondary N) is 1. The van der Waals surface area contributed by atoms with Crippen LogP contribution in [0.15, 0.2) is 18.3 Å². The molecule has 18 heavy (non-hydrogen) atoms. The highest BCUT2D eigenvalue weighted by atomic mass is 16.5. The molecule has 0 saturated heterocycles. The van der Waals surface area contributed by atoms with E-state index in [1.165, 1.54) is 20.0 Å². The molecule has 98 valence electrons. The van der Waals surface area contributed by atoms with E-state index in [2.05, 4.69) is 24.1 Å². The molecule has 1 saturated carbocycles. The maximum absolute atomic E-state index is 11.4. The van der Waals surface area contributed by atoms with Gasteiger partial charge in [0, 0.05) is 12.7 Å². The predicted octanol–water partition coefficient (Wildman–Crippen LogP) is 2.72. The lowest BCUT2D eigenvalue weighted by atomic mass is 9.92. The summed E-state index contributed by atoms with van der Waals surface area (Å²) in [7, 11) is 1.38. The zero-order valence-corrected chi connectivity index (χ0v) is 11.2. The molecule has 1 N–H and O–H groups in total. The Kier molecular flexibility index (Phi) is 3.55. The molecule has 0 atom stereocenters. The Morgan fingerprint density at radius 3 is 2.83 bits per heavy atom. The van der Waals surface area contributed by atoms with Gasteiger partial charge in [0.05, 0.1) is 12.7 Å². The summed E-state index contributed by atoms with van der Waals surface area (Å²) >= 11 is 0. The SMILES string of the molecule is COC(=O)c1ccnc(NCC2(C(C)C)CC2)c1. The van der Waals surface area contributed by atoms with Gasteiger partial charge in [0.25, 0.3) is 0 Å². The fraction of sp³-hybridized carbons (Fsp3) is 0.571. The first-order valence-corrected chi connectivity index (χ1v) is 6.36. The summed E-state index contributed by atoms with van der Waals surface area (Å²) in [6.45, 7) is 5.43. The van der Waals surface area contributed by atoms with Crippen molar-refractivity contribution in [3.8, 4) is 0 Å². The van der Waals surface area contributed by atoms with Gasteiger partial charge in [-0.05, 0) is 36.3 Å². The number of aromatic nitrogens is 1. The molecule has 0 amide bonds. The van der Waals surface area contributed by atoms with Gasteiger partial charge in [-0.15, -0.1) is 0 Å². The summed E-state index contributed by atoms with van der Waals surface area (Å²) in [5, 5.41) is 3.33. The monoisotopic (exact) mass is 248 g/mol. The fourth-order valence-corrected chi connectivity index (χ4v) is 2.16. The van der Waals surface area contributed by atoms with Crippen LogP contribution in [0.5, 0.6) is 0 Å². The third-order valence-electron chi connectivity index (χ3n) is 3.92. The molecule has 4 nitrogen and oxygen atoms in total. The number of carbonyl (C=O) groups excluding carboxylic acids is 1. The number of anilines is 1. The van der Waals surface area contributed by atoms with Crippen LogP contribution in [0.2, 0.25) is 0 Å². The molecule has 1 aliphatic carbocycles. The molecule has 2 rings (SSSR count). The molecule has 1 heterocycles. The van der Waals surface area contributed by atoms with Crippen LogP contribution in [0.25, 0.3) is 0 Å². The number of nitrogens with zero attached hydrogens (tertiary/aromatic N) is 1. The first-order chi connectivity index (χ1) is 8.57. The van der Waals surface area contributed by atoms with Gasteiger partial charge in [0.15, 0.2) is 0 Å². The third-order valence-corrected chi connectivity index (χ3v) is 3.92. The first kappa shape index (κ1) is 12.9. The number of pyridine rings is 1. The van der Waals surface area contributed by atoms with E-state index in [0.29, 0.717) is 16.9 Å². The van der Waals surface area contributed by atoms with Gasteiger partial charge in [-0.1, -0.05) is 13.8 Å². The van der Waals surface area contributed by atoms with Crippen molar-refractivity contribution in [2.24, 2.45) is 11.3 Å². The first-order valence-electron chi connectivity index (χ1n) is 6.36. The number of esters is 1. The van der Waals surface area contributed by atoms with Crippen molar-refractivity contribution < 1.29 is 9.53 Å². The molecule has 0 aliphatic heterocycles. The van der Waals surface area contributed by atoms with E-state index < -0.39 is 0 Å². The average Bonchev–Trinajstić information content (AvgIpc) is 3.17. The molecule has 0 radical (unpaired) electrons. The Morgan fingerprint density at radius 1 is 1.56 bits per heavy atom. The maximum Gasteiger partial charge on any atom is 0.338 e. The highest BCUT2D eigenvalue weighted by Gasteiger charge is 2.44. The van der Waals surface area contributed by atoms with Crippen LogP contribution in [0.3, 0.4) is 0 Å². The van der Waals surface area contributed by atoms with E-state index in [1.807, 2.05) is 0 Å². The highest BCUT2D eigenvalue weighted by molar-refractivity contribution is 5.89. The lowest BCUT2D eigenvalue weighted by molar-refractivity contribution is 0.0600. The molecule has 1 aromatic rings. The average molecular weight is 248 g/mol. The maximum atomic E-state index is 11.4. The molecular weight excluding hydrogens is 228 g/mol. The molecule has 1 aliphatic rings. The van der Waals surface area contributed by atoms with Crippen molar-refractivity contribution in [1.82, 2.24) is 4.98 Å². The van der Waals surface area contributed by atoms with Crippen LogP contribution in [-0.2, 0) is 4.74 Å². The van der Waals surface area contributed by atoms with Gasteiger partial charge in [-0.2, -0.15) is 0 Å². The van der Waals surface area contributed by atoms with Gasteiger partial charge < -0.3 is 10.1 Å². The van der Waals surface area contributed by atoms with E-state index in [4.69, 9.17) is 4.74 Å². The summed E-state index contributed by atoms with van der Waals surface area (Å²) in [5.41, 5.74) is 0.951. The minimum atomic E-state index is -0.328. The molecule has 1 aromatic heterocycles. The van der Waals surface area contributed by atoms with E-state index in [1.54, 1.807) is 18.3 Å². The Balaban J connectivity index is 2.00. The van der Waals surface area contributed by atoms with Crippen molar-refractivity contribution in [2.45, 2.75) is 26.7 Å². The Hall–Kier alpha value is -1.58. The normalized spacial score (nSPS) is 16.4. The van der Waals surface area contributed by atoms with Gasteiger partial charge in [0.1, 0.15) is 5.82 Å². The van der Waals surface area contributed by atoms with Crippen LogP contribution in [0.1, 0.15) is 37.0 Å². The van der Waals surface area contributed by atoms with E-state index >= 15 is 0 Å². The van der Waals surface area contributed by atoms with Crippen molar-refractivity contribution in [3.05, 3.63) is 23.9 Å². The molecule has 1 fully saturated rings. The Labute approximate surface area is 108 Å². The van der Waals surface area contributed by atoms with Crippen LogP contribution < -0.4 is 5.32 Å². The van der Waals surface area contributed by atoms with Gasteiger partial charge >= 0.3 is 5.97 Å². The summed E-state index contributed by atoms with van der Waals surface area (Å²) in [6, 6.07) is 3.40. The number of carbonyl (C=O) groups is 1. The second-order valence-corrected chi connectivity index (χ2v) is 5.29. The number of ether oxygens (including phenoxy) is 1. The third kappa shape index (κ3) is 2.63. The number of methoxy groups -OCH3 is 1. The Bertz CT molecular complexity index is 439. The van der Waals surface area contributed by atoms with Gasteiger partial charge in [-0.25, -0.2) is 9.78 Å².